The van der Waals surface area contributed by atoms with E-state index in [-0.39, 0.29) is 12.1 Å². The first-order valence-corrected chi connectivity index (χ1v) is 10.5. The Morgan fingerprint density at radius 2 is 2.00 bits per heavy atom. The third-order valence-corrected chi connectivity index (χ3v) is 5.94. The van der Waals surface area contributed by atoms with Crippen LogP contribution < -0.4 is 10.6 Å². The number of carbonyl (C=O) groups is 1. The van der Waals surface area contributed by atoms with E-state index in [1.54, 1.807) is 6.20 Å². The maximum atomic E-state index is 12.3. The maximum Gasteiger partial charge on any atom is 0.315 e. The summed E-state index contributed by atoms with van der Waals surface area (Å²) in [7, 11) is 0. The monoisotopic (exact) mass is 378 g/mol. The van der Waals surface area contributed by atoms with Gasteiger partial charge in [0.2, 0.25) is 0 Å². The summed E-state index contributed by atoms with van der Waals surface area (Å²) in [5.74, 6) is 0.874. The number of likely N-dealkylation sites (tertiary alicyclic amines) is 1. The van der Waals surface area contributed by atoms with Crippen LogP contribution in [0.2, 0.25) is 0 Å². The first-order chi connectivity index (χ1) is 13.8. The summed E-state index contributed by atoms with van der Waals surface area (Å²) in [5.41, 5.74) is 3.09. The molecule has 28 heavy (non-hydrogen) atoms. The van der Waals surface area contributed by atoms with Gasteiger partial charge in [0.25, 0.3) is 0 Å². The summed E-state index contributed by atoms with van der Waals surface area (Å²) in [6.07, 6.45) is 8.40. The van der Waals surface area contributed by atoms with Gasteiger partial charge in [0.15, 0.2) is 0 Å². The Morgan fingerprint density at radius 3 is 2.82 bits per heavy atom. The number of amides is 2. The van der Waals surface area contributed by atoms with Crippen LogP contribution in [-0.4, -0.2) is 41.6 Å². The van der Waals surface area contributed by atoms with Crippen molar-refractivity contribution in [2.24, 2.45) is 5.92 Å². The van der Waals surface area contributed by atoms with Crippen LogP contribution in [0, 0.1) is 5.92 Å². The number of rotatable bonds is 6. The van der Waals surface area contributed by atoms with Crippen LogP contribution in [0.15, 0.2) is 48.7 Å². The fourth-order valence-corrected chi connectivity index (χ4v) is 4.47. The van der Waals surface area contributed by atoms with E-state index in [9.17, 15) is 4.79 Å². The molecule has 0 bridgehead atoms. The second kappa shape index (κ2) is 9.20. The van der Waals surface area contributed by atoms with Crippen molar-refractivity contribution < 1.29 is 4.79 Å². The molecule has 5 nitrogen and oxygen atoms in total. The van der Waals surface area contributed by atoms with E-state index in [0.29, 0.717) is 6.54 Å². The zero-order chi connectivity index (χ0) is 19.2. The topological polar surface area (TPSA) is 57.3 Å². The number of hydrogen-bond acceptors (Lipinski definition) is 3. The quantitative estimate of drug-likeness (QED) is 0.804. The number of carbonyl (C=O) groups excluding carboxylic acids is 1. The molecule has 1 aromatic heterocycles. The van der Waals surface area contributed by atoms with Gasteiger partial charge in [-0.05, 0) is 48.9 Å². The van der Waals surface area contributed by atoms with Crippen LogP contribution in [-0.2, 0) is 6.54 Å². The molecule has 2 heterocycles. The molecule has 1 aliphatic heterocycles. The van der Waals surface area contributed by atoms with E-state index < -0.39 is 0 Å². The SMILES string of the molecule is O=C(NCc1cccc(-c2ccccn2)c1)NC1CCN(CC2CCCC2)C1. The van der Waals surface area contributed by atoms with Crippen LogP contribution in [0.1, 0.15) is 37.7 Å². The molecule has 2 fully saturated rings. The van der Waals surface area contributed by atoms with E-state index in [1.165, 1.54) is 32.2 Å². The van der Waals surface area contributed by atoms with Gasteiger partial charge in [-0.25, -0.2) is 4.79 Å². The Hall–Kier alpha value is -2.40. The van der Waals surface area contributed by atoms with Crippen molar-refractivity contribution in [2.45, 2.75) is 44.7 Å². The smallest absolute Gasteiger partial charge is 0.315 e. The Bertz CT molecular complexity index is 773. The molecule has 1 atom stereocenters. The van der Waals surface area contributed by atoms with Crippen molar-refractivity contribution in [3.8, 4) is 11.3 Å². The lowest BCUT2D eigenvalue weighted by atomic mass is 10.1. The molecule has 2 aliphatic rings. The molecule has 5 heteroatoms. The molecule has 148 valence electrons. The fraction of sp³-hybridized carbons (Fsp3) is 0.478. The van der Waals surface area contributed by atoms with Crippen LogP contribution in [0.5, 0.6) is 0 Å². The number of benzene rings is 1. The second-order valence-electron chi connectivity index (χ2n) is 8.14. The van der Waals surface area contributed by atoms with Crippen molar-refractivity contribution >= 4 is 6.03 Å². The summed E-state index contributed by atoms with van der Waals surface area (Å²) in [6, 6.07) is 14.3. The molecule has 1 aliphatic carbocycles. The molecule has 4 rings (SSSR count). The lowest BCUT2D eigenvalue weighted by Gasteiger charge is -2.20. The molecule has 1 unspecified atom stereocenters. The normalized spacial score (nSPS) is 20.4. The number of nitrogens with one attached hydrogen (secondary N) is 2. The average molecular weight is 379 g/mol. The fourth-order valence-electron chi connectivity index (χ4n) is 4.47. The maximum absolute atomic E-state index is 12.3. The molecule has 1 aromatic carbocycles. The van der Waals surface area contributed by atoms with E-state index in [4.69, 9.17) is 0 Å². The first kappa shape index (κ1) is 18.9. The second-order valence-corrected chi connectivity index (χ2v) is 8.14. The van der Waals surface area contributed by atoms with Gasteiger partial charge >= 0.3 is 6.03 Å². The van der Waals surface area contributed by atoms with Gasteiger partial charge in [0, 0.05) is 44.0 Å². The van der Waals surface area contributed by atoms with Crippen LogP contribution in [0.4, 0.5) is 4.79 Å². The van der Waals surface area contributed by atoms with Gasteiger partial charge in [-0.3, -0.25) is 4.98 Å². The molecular weight excluding hydrogens is 348 g/mol. The average Bonchev–Trinajstić information content (AvgIpc) is 3.40. The molecule has 0 spiro atoms. The predicted molar refractivity (Wildman–Crippen MR) is 112 cm³/mol. The van der Waals surface area contributed by atoms with E-state index in [1.807, 2.05) is 36.4 Å². The first-order valence-electron chi connectivity index (χ1n) is 10.5. The Balaban J connectivity index is 1.23. The molecule has 1 saturated carbocycles. The Labute approximate surface area is 167 Å². The Kier molecular flexibility index (Phi) is 6.22. The summed E-state index contributed by atoms with van der Waals surface area (Å²) in [5, 5.41) is 6.15. The molecule has 2 N–H and O–H groups in total. The predicted octanol–water partition coefficient (Wildman–Crippen LogP) is 3.81. The molecule has 1 saturated heterocycles. The summed E-state index contributed by atoms with van der Waals surface area (Å²) >= 11 is 0. The lowest BCUT2D eigenvalue weighted by molar-refractivity contribution is 0.234. The zero-order valence-electron chi connectivity index (χ0n) is 16.4. The lowest BCUT2D eigenvalue weighted by Crippen LogP contribution is -2.43. The van der Waals surface area contributed by atoms with Crippen molar-refractivity contribution in [3.63, 3.8) is 0 Å². The third kappa shape index (κ3) is 5.10. The van der Waals surface area contributed by atoms with Crippen molar-refractivity contribution in [3.05, 3.63) is 54.2 Å². The van der Waals surface area contributed by atoms with Crippen LogP contribution in [0.3, 0.4) is 0 Å². The van der Waals surface area contributed by atoms with E-state index >= 15 is 0 Å². The van der Waals surface area contributed by atoms with Gasteiger partial charge in [-0.15, -0.1) is 0 Å². The van der Waals surface area contributed by atoms with E-state index in [2.05, 4.69) is 26.6 Å². The highest BCUT2D eigenvalue weighted by molar-refractivity contribution is 5.74. The largest absolute Gasteiger partial charge is 0.334 e. The van der Waals surface area contributed by atoms with Crippen molar-refractivity contribution in [1.82, 2.24) is 20.5 Å². The number of nitrogens with zero attached hydrogens (tertiary/aromatic N) is 2. The molecule has 2 aromatic rings. The molecular formula is C23H30N4O. The van der Waals surface area contributed by atoms with Gasteiger partial charge in [-0.2, -0.15) is 0 Å². The molecule has 2 amide bonds. The van der Waals surface area contributed by atoms with Gasteiger partial charge in [0.1, 0.15) is 0 Å². The summed E-state index contributed by atoms with van der Waals surface area (Å²) in [6.45, 7) is 3.82. The van der Waals surface area contributed by atoms with Crippen molar-refractivity contribution in [1.29, 1.82) is 0 Å². The Morgan fingerprint density at radius 1 is 1.11 bits per heavy atom. The minimum absolute atomic E-state index is 0.0732. The standard InChI is InChI=1S/C23H30N4O/c28-23(26-21-11-13-27(17-21)16-18-6-1-2-7-18)25-15-19-8-5-9-20(14-19)22-10-3-4-12-24-22/h3-5,8-10,12,14,18,21H,1-2,6-7,11,13,15-17H2,(H2,25,26,28). The van der Waals surface area contributed by atoms with Crippen LogP contribution >= 0.6 is 0 Å². The zero-order valence-corrected chi connectivity index (χ0v) is 16.4. The highest BCUT2D eigenvalue weighted by Crippen LogP contribution is 2.26. The highest BCUT2D eigenvalue weighted by atomic mass is 16.2. The number of aromatic nitrogens is 1. The van der Waals surface area contributed by atoms with Gasteiger partial charge in [0.05, 0.1) is 5.69 Å². The van der Waals surface area contributed by atoms with Gasteiger partial charge in [-0.1, -0.05) is 37.1 Å². The van der Waals surface area contributed by atoms with E-state index in [0.717, 1.165) is 42.2 Å². The van der Waals surface area contributed by atoms with Crippen LogP contribution in [0.25, 0.3) is 11.3 Å². The minimum Gasteiger partial charge on any atom is -0.334 e. The third-order valence-electron chi connectivity index (χ3n) is 5.94. The van der Waals surface area contributed by atoms with Crippen molar-refractivity contribution in [2.75, 3.05) is 19.6 Å². The van der Waals surface area contributed by atoms with Gasteiger partial charge < -0.3 is 15.5 Å². The highest BCUT2D eigenvalue weighted by Gasteiger charge is 2.26. The summed E-state index contributed by atoms with van der Waals surface area (Å²) < 4.78 is 0. The number of urea groups is 1. The summed E-state index contributed by atoms with van der Waals surface area (Å²) in [4.78, 5) is 19.2. The minimum atomic E-state index is -0.0732. The molecule has 0 radical (unpaired) electrons. The number of hydrogen-bond donors (Lipinski definition) is 2. The number of pyridine rings is 1.